The molecule has 0 unspecified atom stereocenters. The Morgan fingerprint density at radius 1 is 1.18 bits per heavy atom. The van der Waals surface area contributed by atoms with E-state index in [9.17, 15) is 8.42 Å². The second kappa shape index (κ2) is 6.28. The van der Waals surface area contributed by atoms with Gasteiger partial charge in [-0.15, -0.1) is 11.3 Å². The maximum atomic E-state index is 12.2. The van der Waals surface area contributed by atoms with E-state index in [1.807, 2.05) is 31.2 Å². The summed E-state index contributed by atoms with van der Waals surface area (Å²) in [5.41, 5.74) is 1.01. The van der Waals surface area contributed by atoms with Crippen molar-refractivity contribution in [1.29, 1.82) is 0 Å². The van der Waals surface area contributed by atoms with Crippen molar-refractivity contribution in [2.45, 2.75) is 24.0 Å². The molecule has 0 spiro atoms. The lowest BCUT2D eigenvalue weighted by atomic mass is 10.1. The molecule has 7 heteroatoms. The van der Waals surface area contributed by atoms with Gasteiger partial charge in [-0.05, 0) is 42.7 Å². The summed E-state index contributed by atoms with van der Waals surface area (Å²) in [4.78, 5) is 1.07. The van der Waals surface area contributed by atoms with E-state index in [-0.39, 0.29) is 6.79 Å². The SMILES string of the molecule is CCc1ccc(S(=O)(=O)NCCc2ccc3c(c2)OCO3)s1. The molecule has 1 aliphatic rings. The van der Waals surface area contributed by atoms with E-state index in [2.05, 4.69) is 4.72 Å². The molecule has 1 N–H and O–H groups in total. The average Bonchev–Trinajstić information content (AvgIpc) is 3.15. The van der Waals surface area contributed by atoms with Crippen molar-refractivity contribution in [3.8, 4) is 11.5 Å². The molecule has 1 aliphatic heterocycles. The number of ether oxygens (including phenoxy) is 2. The highest BCUT2D eigenvalue weighted by Gasteiger charge is 2.17. The first-order valence-electron chi connectivity index (χ1n) is 7.05. The first kappa shape index (κ1) is 15.3. The lowest BCUT2D eigenvalue weighted by Crippen LogP contribution is -2.25. The third kappa shape index (κ3) is 3.26. The highest BCUT2D eigenvalue weighted by molar-refractivity contribution is 7.91. The maximum Gasteiger partial charge on any atom is 0.250 e. The summed E-state index contributed by atoms with van der Waals surface area (Å²) in [6.07, 6.45) is 1.44. The highest BCUT2D eigenvalue weighted by atomic mass is 32.2. The van der Waals surface area contributed by atoms with Crippen LogP contribution in [0.15, 0.2) is 34.5 Å². The zero-order chi connectivity index (χ0) is 15.6. The second-order valence-corrected chi connectivity index (χ2v) is 8.07. The van der Waals surface area contributed by atoms with Gasteiger partial charge in [0.15, 0.2) is 11.5 Å². The monoisotopic (exact) mass is 339 g/mol. The van der Waals surface area contributed by atoms with Crippen molar-refractivity contribution in [1.82, 2.24) is 4.72 Å². The number of aryl methyl sites for hydroxylation is 1. The van der Waals surface area contributed by atoms with E-state index in [1.165, 1.54) is 11.3 Å². The van der Waals surface area contributed by atoms with Gasteiger partial charge in [-0.25, -0.2) is 13.1 Å². The Labute approximate surface area is 133 Å². The van der Waals surface area contributed by atoms with Crippen LogP contribution in [0.25, 0.3) is 0 Å². The lowest BCUT2D eigenvalue weighted by Gasteiger charge is -2.06. The van der Waals surface area contributed by atoms with Crippen LogP contribution in [0.3, 0.4) is 0 Å². The number of benzene rings is 1. The van der Waals surface area contributed by atoms with Gasteiger partial charge >= 0.3 is 0 Å². The molecule has 1 aromatic heterocycles. The topological polar surface area (TPSA) is 64.6 Å². The van der Waals surface area contributed by atoms with E-state index in [0.29, 0.717) is 22.9 Å². The molecule has 0 radical (unpaired) electrons. The van der Waals surface area contributed by atoms with E-state index < -0.39 is 10.0 Å². The molecular formula is C15H17NO4S2. The Kier molecular flexibility index (Phi) is 4.37. The number of nitrogens with one attached hydrogen (secondary N) is 1. The largest absolute Gasteiger partial charge is 0.454 e. The summed E-state index contributed by atoms with van der Waals surface area (Å²) < 4.78 is 38.0. The van der Waals surface area contributed by atoms with Gasteiger partial charge in [-0.2, -0.15) is 0 Å². The van der Waals surface area contributed by atoms with Crippen LogP contribution in [0, 0.1) is 0 Å². The van der Waals surface area contributed by atoms with Gasteiger partial charge in [-0.3, -0.25) is 0 Å². The predicted molar refractivity (Wildman–Crippen MR) is 85.2 cm³/mol. The number of thiophene rings is 1. The fraction of sp³-hybridized carbons (Fsp3) is 0.333. The van der Waals surface area contributed by atoms with Crippen molar-refractivity contribution >= 4 is 21.4 Å². The molecule has 0 atom stereocenters. The number of rotatable bonds is 6. The van der Waals surface area contributed by atoms with Crippen molar-refractivity contribution in [3.05, 3.63) is 40.8 Å². The third-order valence-electron chi connectivity index (χ3n) is 3.39. The van der Waals surface area contributed by atoms with Crippen LogP contribution in [-0.4, -0.2) is 21.8 Å². The molecule has 22 heavy (non-hydrogen) atoms. The number of fused-ring (bicyclic) bond motifs is 1. The normalized spacial score (nSPS) is 13.5. The van der Waals surface area contributed by atoms with Gasteiger partial charge < -0.3 is 9.47 Å². The molecule has 0 saturated carbocycles. The fourth-order valence-corrected chi connectivity index (χ4v) is 4.56. The Morgan fingerprint density at radius 3 is 2.77 bits per heavy atom. The smallest absolute Gasteiger partial charge is 0.250 e. The first-order valence-corrected chi connectivity index (χ1v) is 9.35. The van der Waals surface area contributed by atoms with Crippen molar-refractivity contribution in [3.63, 3.8) is 0 Å². The van der Waals surface area contributed by atoms with Crippen LogP contribution in [0.1, 0.15) is 17.4 Å². The molecule has 0 aliphatic carbocycles. The molecule has 1 aromatic carbocycles. The average molecular weight is 339 g/mol. The van der Waals surface area contributed by atoms with E-state index in [0.717, 1.165) is 22.6 Å². The van der Waals surface area contributed by atoms with Crippen LogP contribution < -0.4 is 14.2 Å². The van der Waals surface area contributed by atoms with E-state index in [1.54, 1.807) is 6.07 Å². The number of hydrogen-bond acceptors (Lipinski definition) is 5. The van der Waals surface area contributed by atoms with Gasteiger partial charge in [0.2, 0.25) is 16.8 Å². The zero-order valence-electron chi connectivity index (χ0n) is 12.2. The molecule has 0 fully saturated rings. The number of sulfonamides is 1. The standard InChI is InChI=1S/C15H17NO4S2/c1-2-12-4-6-15(21-12)22(17,18)16-8-7-11-3-5-13-14(9-11)20-10-19-13/h3-6,9,16H,2,7-8,10H2,1H3. The minimum Gasteiger partial charge on any atom is -0.454 e. The lowest BCUT2D eigenvalue weighted by molar-refractivity contribution is 0.174. The summed E-state index contributed by atoms with van der Waals surface area (Å²) in [6, 6.07) is 9.17. The van der Waals surface area contributed by atoms with Gasteiger partial charge in [0.25, 0.3) is 0 Å². The maximum absolute atomic E-state index is 12.2. The molecule has 5 nitrogen and oxygen atoms in total. The van der Waals surface area contributed by atoms with Gasteiger partial charge in [0.05, 0.1) is 0 Å². The first-order chi connectivity index (χ1) is 10.6. The minimum atomic E-state index is -3.42. The summed E-state index contributed by atoms with van der Waals surface area (Å²) in [7, 11) is -3.42. The summed E-state index contributed by atoms with van der Waals surface area (Å²) in [6.45, 7) is 2.60. The summed E-state index contributed by atoms with van der Waals surface area (Å²) in [5.74, 6) is 1.45. The highest BCUT2D eigenvalue weighted by Crippen LogP contribution is 2.32. The van der Waals surface area contributed by atoms with Gasteiger partial charge in [0.1, 0.15) is 4.21 Å². The Bertz CT molecular complexity index is 768. The van der Waals surface area contributed by atoms with Gasteiger partial charge in [-0.1, -0.05) is 13.0 Å². The quantitative estimate of drug-likeness (QED) is 0.878. The van der Waals surface area contributed by atoms with Crippen molar-refractivity contribution in [2.75, 3.05) is 13.3 Å². The van der Waals surface area contributed by atoms with Crippen LogP contribution in [0.4, 0.5) is 0 Å². The van der Waals surface area contributed by atoms with Crippen LogP contribution in [0.2, 0.25) is 0 Å². The van der Waals surface area contributed by atoms with E-state index >= 15 is 0 Å². The predicted octanol–water partition coefficient (Wildman–Crippen LogP) is 2.56. The summed E-state index contributed by atoms with van der Waals surface area (Å²) >= 11 is 1.32. The molecule has 0 bridgehead atoms. The summed E-state index contributed by atoms with van der Waals surface area (Å²) in [5, 5.41) is 0. The van der Waals surface area contributed by atoms with Crippen molar-refractivity contribution in [2.24, 2.45) is 0 Å². The molecule has 0 saturated heterocycles. The molecule has 2 aromatic rings. The number of hydrogen-bond donors (Lipinski definition) is 1. The Morgan fingerprint density at radius 2 is 2.00 bits per heavy atom. The molecule has 2 heterocycles. The molecular weight excluding hydrogens is 322 g/mol. The van der Waals surface area contributed by atoms with Crippen LogP contribution in [-0.2, 0) is 22.9 Å². The zero-order valence-corrected chi connectivity index (χ0v) is 13.8. The Hall–Kier alpha value is -1.57. The Balaban J connectivity index is 1.60. The molecule has 3 rings (SSSR count). The van der Waals surface area contributed by atoms with E-state index in [4.69, 9.17) is 9.47 Å². The minimum absolute atomic E-state index is 0.240. The molecule has 118 valence electrons. The third-order valence-corrected chi connectivity index (χ3v) is 6.58. The van der Waals surface area contributed by atoms with Crippen LogP contribution >= 0.6 is 11.3 Å². The van der Waals surface area contributed by atoms with Crippen molar-refractivity contribution < 1.29 is 17.9 Å². The fourth-order valence-electron chi connectivity index (χ4n) is 2.19. The van der Waals surface area contributed by atoms with Gasteiger partial charge in [0, 0.05) is 11.4 Å². The second-order valence-electron chi connectivity index (χ2n) is 4.91. The molecule has 0 amide bonds. The van der Waals surface area contributed by atoms with Crippen LogP contribution in [0.5, 0.6) is 11.5 Å².